The van der Waals surface area contributed by atoms with E-state index in [2.05, 4.69) is 54.3 Å². The zero-order chi connectivity index (χ0) is 20.2. The molecular weight excluding hydrogens is 376 g/mol. The summed E-state index contributed by atoms with van der Waals surface area (Å²) >= 11 is 2.01. The second kappa shape index (κ2) is 9.36. The molecule has 4 rings (SSSR count). The highest BCUT2D eigenvalue weighted by atomic mass is 32.2. The SMILES string of the molecule is CCN1CC(Sc2ccc(/C(=C\C3CCCC3)c3ccc(C)c(OC)n3)cc2)C1. The van der Waals surface area contributed by atoms with Gasteiger partial charge in [-0.15, -0.1) is 11.8 Å². The van der Waals surface area contributed by atoms with E-state index in [0.717, 1.165) is 22.4 Å². The molecule has 3 nitrogen and oxygen atoms in total. The topological polar surface area (TPSA) is 25.4 Å². The molecule has 154 valence electrons. The normalized spacial score (nSPS) is 18.8. The van der Waals surface area contributed by atoms with Crippen molar-refractivity contribution in [3.63, 3.8) is 0 Å². The van der Waals surface area contributed by atoms with E-state index in [4.69, 9.17) is 9.72 Å². The van der Waals surface area contributed by atoms with Crippen LogP contribution in [0.5, 0.6) is 5.88 Å². The molecule has 2 aliphatic rings. The van der Waals surface area contributed by atoms with Crippen molar-refractivity contribution < 1.29 is 4.74 Å². The number of hydrogen-bond donors (Lipinski definition) is 0. The summed E-state index contributed by atoms with van der Waals surface area (Å²) in [6.45, 7) is 7.87. The van der Waals surface area contributed by atoms with Crippen molar-refractivity contribution in [1.29, 1.82) is 0 Å². The van der Waals surface area contributed by atoms with Gasteiger partial charge >= 0.3 is 0 Å². The third kappa shape index (κ3) is 4.87. The molecule has 4 heteroatoms. The quantitative estimate of drug-likeness (QED) is 0.577. The number of rotatable bonds is 7. The summed E-state index contributed by atoms with van der Waals surface area (Å²) in [5.41, 5.74) is 4.58. The van der Waals surface area contributed by atoms with E-state index in [0.29, 0.717) is 5.92 Å². The maximum Gasteiger partial charge on any atom is 0.216 e. The molecule has 29 heavy (non-hydrogen) atoms. The zero-order valence-electron chi connectivity index (χ0n) is 17.9. The number of ether oxygens (including phenoxy) is 1. The van der Waals surface area contributed by atoms with Crippen molar-refractivity contribution in [1.82, 2.24) is 9.88 Å². The maximum absolute atomic E-state index is 5.50. The smallest absolute Gasteiger partial charge is 0.216 e. The fourth-order valence-corrected chi connectivity index (χ4v) is 5.57. The first-order valence-corrected chi connectivity index (χ1v) is 11.8. The lowest BCUT2D eigenvalue weighted by molar-refractivity contribution is 0.201. The van der Waals surface area contributed by atoms with E-state index in [1.54, 1.807) is 7.11 Å². The summed E-state index contributed by atoms with van der Waals surface area (Å²) in [6, 6.07) is 13.4. The molecule has 1 aromatic heterocycles. The molecule has 1 aromatic carbocycles. The third-order valence-corrected chi connectivity index (χ3v) is 7.34. The molecule has 0 bridgehead atoms. The second-order valence-electron chi connectivity index (χ2n) is 8.26. The van der Waals surface area contributed by atoms with Crippen LogP contribution < -0.4 is 4.74 Å². The van der Waals surface area contributed by atoms with Gasteiger partial charge in [0.1, 0.15) is 0 Å². The van der Waals surface area contributed by atoms with Gasteiger partial charge in [0.2, 0.25) is 5.88 Å². The standard InChI is InChI=1S/C25H32N2OS/c1-4-27-16-22(17-27)29-21-12-10-20(11-13-21)23(15-19-7-5-6-8-19)24-14-9-18(2)25(26-24)28-3/h9-15,19,22H,4-8,16-17H2,1-3H3/b23-15+. The van der Waals surface area contributed by atoms with Gasteiger partial charge in [-0.1, -0.05) is 44.0 Å². The second-order valence-corrected chi connectivity index (χ2v) is 9.64. The summed E-state index contributed by atoms with van der Waals surface area (Å²) in [4.78, 5) is 8.68. The summed E-state index contributed by atoms with van der Waals surface area (Å²) in [5, 5.41) is 0.734. The van der Waals surface area contributed by atoms with Crippen molar-refractivity contribution in [3.8, 4) is 5.88 Å². The van der Waals surface area contributed by atoms with E-state index in [1.165, 1.54) is 61.3 Å². The molecule has 1 aliphatic carbocycles. The zero-order valence-corrected chi connectivity index (χ0v) is 18.7. The number of pyridine rings is 1. The van der Waals surface area contributed by atoms with E-state index >= 15 is 0 Å². The van der Waals surface area contributed by atoms with Crippen LogP contribution >= 0.6 is 11.8 Å². The number of methoxy groups -OCH3 is 1. The van der Waals surface area contributed by atoms with E-state index < -0.39 is 0 Å². The Balaban J connectivity index is 1.58. The van der Waals surface area contributed by atoms with Crippen LogP contribution in [0.4, 0.5) is 0 Å². The molecule has 0 amide bonds. The number of nitrogens with zero attached hydrogens (tertiary/aromatic N) is 2. The van der Waals surface area contributed by atoms with Gasteiger partial charge in [0, 0.05) is 34.4 Å². The predicted octanol–water partition coefficient (Wildman–Crippen LogP) is 5.82. The fourth-order valence-electron chi connectivity index (χ4n) is 4.32. The monoisotopic (exact) mass is 408 g/mol. The highest BCUT2D eigenvalue weighted by molar-refractivity contribution is 8.00. The Morgan fingerprint density at radius 3 is 2.52 bits per heavy atom. The molecule has 0 N–H and O–H groups in total. The average Bonchev–Trinajstić information content (AvgIpc) is 3.23. The Labute approximate surface area is 179 Å². The Morgan fingerprint density at radius 2 is 1.86 bits per heavy atom. The lowest BCUT2D eigenvalue weighted by Gasteiger charge is -2.37. The van der Waals surface area contributed by atoms with E-state index in [9.17, 15) is 0 Å². The molecule has 2 aromatic rings. The lowest BCUT2D eigenvalue weighted by atomic mass is 9.96. The van der Waals surface area contributed by atoms with Gasteiger partial charge in [-0.05, 0) is 56.0 Å². The number of aromatic nitrogens is 1. The van der Waals surface area contributed by atoms with Crippen molar-refractivity contribution in [2.75, 3.05) is 26.7 Å². The first-order chi connectivity index (χ1) is 14.2. The molecule has 1 aliphatic heterocycles. The first kappa shape index (κ1) is 20.5. The van der Waals surface area contributed by atoms with Crippen LogP contribution in [0.25, 0.3) is 5.57 Å². The van der Waals surface area contributed by atoms with E-state index in [1.807, 2.05) is 18.7 Å². The summed E-state index contributed by atoms with van der Waals surface area (Å²) in [7, 11) is 1.70. The molecule has 0 unspecified atom stereocenters. The third-order valence-electron chi connectivity index (χ3n) is 6.16. The number of benzene rings is 1. The van der Waals surface area contributed by atoms with Crippen molar-refractivity contribution in [2.24, 2.45) is 5.92 Å². The predicted molar refractivity (Wildman–Crippen MR) is 123 cm³/mol. The Morgan fingerprint density at radius 1 is 1.14 bits per heavy atom. The van der Waals surface area contributed by atoms with Crippen molar-refractivity contribution in [2.45, 2.75) is 49.7 Å². The van der Waals surface area contributed by atoms with Crippen LogP contribution in [0.2, 0.25) is 0 Å². The summed E-state index contributed by atoms with van der Waals surface area (Å²) in [6.07, 6.45) is 7.71. The summed E-state index contributed by atoms with van der Waals surface area (Å²) in [5.74, 6) is 1.38. The van der Waals surface area contributed by atoms with Gasteiger partial charge in [0.15, 0.2) is 0 Å². The molecule has 0 atom stereocenters. The van der Waals surface area contributed by atoms with Crippen LogP contribution in [0.15, 0.2) is 47.4 Å². The number of aryl methyl sites for hydroxylation is 1. The lowest BCUT2D eigenvalue weighted by Crippen LogP contribution is -2.48. The number of likely N-dealkylation sites (tertiary alicyclic amines) is 1. The van der Waals surface area contributed by atoms with Crippen LogP contribution in [0.1, 0.15) is 49.4 Å². The Hall–Kier alpha value is -1.78. The largest absolute Gasteiger partial charge is 0.481 e. The van der Waals surface area contributed by atoms with Gasteiger partial charge in [-0.25, -0.2) is 4.98 Å². The number of hydrogen-bond acceptors (Lipinski definition) is 4. The Bertz CT molecular complexity index is 850. The van der Waals surface area contributed by atoms with Gasteiger partial charge in [0.05, 0.1) is 12.8 Å². The molecule has 0 radical (unpaired) electrons. The maximum atomic E-state index is 5.50. The fraction of sp³-hybridized carbons (Fsp3) is 0.480. The minimum Gasteiger partial charge on any atom is -0.481 e. The Kier molecular flexibility index (Phi) is 6.61. The highest BCUT2D eigenvalue weighted by Crippen LogP contribution is 2.34. The minimum atomic E-state index is 0.656. The van der Waals surface area contributed by atoms with Crippen molar-refractivity contribution >= 4 is 17.3 Å². The molecule has 2 heterocycles. The number of allylic oxidation sites excluding steroid dienone is 1. The average molecular weight is 409 g/mol. The van der Waals surface area contributed by atoms with Crippen LogP contribution in [0.3, 0.4) is 0 Å². The summed E-state index contributed by atoms with van der Waals surface area (Å²) < 4.78 is 5.50. The minimum absolute atomic E-state index is 0.656. The van der Waals surface area contributed by atoms with Gasteiger partial charge in [-0.3, -0.25) is 0 Å². The first-order valence-electron chi connectivity index (χ1n) is 10.9. The van der Waals surface area contributed by atoms with E-state index in [-0.39, 0.29) is 0 Å². The highest BCUT2D eigenvalue weighted by Gasteiger charge is 2.25. The molecule has 1 saturated carbocycles. The molecular formula is C25H32N2OS. The molecule has 0 spiro atoms. The molecule has 1 saturated heterocycles. The molecule has 2 fully saturated rings. The van der Waals surface area contributed by atoms with Crippen LogP contribution in [-0.4, -0.2) is 41.9 Å². The van der Waals surface area contributed by atoms with Crippen LogP contribution in [-0.2, 0) is 0 Å². The van der Waals surface area contributed by atoms with Crippen molar-refractivity contribution in [3.05, 3.63) is 59.3 Å². The van der Waals surface area contributed by atoms with Gasteiger partial charge in [-0.2, -0.15) is 0 Å². The van der Waals surface area contributed by atoms with Gasteiger partial charge in [0.25, 0.3) is 0 Å². The van der Waals surface area contributed by atoms with Gasteiger partial charge < -0.3 is 9.64 Å². The van der Waals surface area contributed by atoms with Crippen LogP contribution in [0, 0.1) is 12.8 Å². The number of thioether (sulfide) groups is 1.